The molecular weight excluding hydrogens is 360 g/mol. The molecule has 2 heterocycles. The van der Waals surface area contributed by atoms with Crippen molar-refractivity contribution in [2.75, 3.05) is 44.2 Å². The van der Waals surface area contributed by atoms with Crippen molar-refractivity contribution in [1.82, 2.24) is 9.80 Å². The zero-order valence-electron chi connectivity index (χ0n) is 15.8. The fraction of sp³-hybridized carbons (Fsp3) is 0.300. The molecule has 1 saturated heterocycles. The van der Waals surface area contributed by atoms with Crippen LogP contribution < -0.4 is 19.7 Å². The van der Waals surface area contributed by atoms with Gasteiger partial charge in [0.25, 0.3) is 0 Å². The third-order valence-electron chi connectivity index (χ3n) is 4.83. The zero-order chi connectivity index (χ0) is 19.7. The Hall–Kier alpha value is -3.42. The number of nitrogens with one attached hydrogen (secondary N) is 1. The highest BCUT2D eigenvalue weighted by Crippen LogP contribution is 2.32. The van der Waals surface area contributed by atoms with Crippen LogP contribution in [0.25, 0.3) is 0 Å². The number of nitrogens with zero attached hydrogens (tertiary/aromatic N) is 3. The number of rotatable bonds is 4. The normalized spacial score (nSPS) is 15.1. The summed E-state index contributed by atoms with van der Waals surface area (Å²) in [5.74, 6) is 1.41. The maximum atomic E-state index is 12.6. The fourth-order valence-electron chi connectivity index (χ4n) is 3.24. The van der Waals surface area contributed by atoms with Crippen LogP contribution in [0.15, 0.2) is 42.5 Å². The first kappa shape index (κ1) is 18.0. The number of hydrogen-bond acceptors (Lipinski definition) is 4. The van der Waals surface area contributed by atoms with E-state index in [2.05, 4.69) is 5.32 Å². The van der Waals surface area contributed by atoms with E-state index in [0.29, 0.717) is 31.1 Å². The first-order chi connectivity index (χ1) is 13.5. The quantitative estimate of drug-likeness (QED) is 0.882. The summed E-state index contributed by atoms with van der Waals surface area (Å²) >= 11 is 0. The van der Waals surface area contributed by atoms with E-state index in [1.165, 1.54) is 0 Å². The molecule has 0 aromatic heterocycles. The number of fused-ring (bicyclic) bond motifs is 1. The Morgan fingerprint density at radius 1 is 1.14 bits per heavy atom. The van der Waals surface area contributed by atoms with Crippen molar-refractivity contribution >= 4 is 23.4 Å². The first-order valence-electron chi connectivity index (χ1n) is 9.04. The van der Waals surface area contributed by atoms with Crippen LogP contribution in [-0.4, -0.2) is 55.8 Å². The van der Waals surface area contributed by atoms with E-state index < -0.39 is 0 Å². The third kappa shape index (κ3) is 3.53. The van der Waals surface area contributed by atoms with Crippen molar-refractivity contribution < 1.29 is 19.1 Å². The molecule has 2 aromatic rings. The van der Waals surface area contributed by atoms with Gasteiger partial charge in [-0.05, 0) is 35.9 Å². The summed E-state index contributed by atoms with van der Waals surface area (Å²) in [6.45, 7) is 1.97. The molecule has 0 bridgehead atoms. The standard InChI is InChI=1S/C20H22N4O4/c1-22-8-9-24(20(22)26)16-5-3-4-15(11-16)21-19(25)23(2)12-14-6-7-17-18(10-14)28-13-27-17/h3-7,10-11H,8-9,12-13H2,1-2H3,(H,21,25). The van der Waals surface area contributed by atoms with Gasteiger partial charge in [-0.15, -0.1) is 0 Å². The van der Waals surface area contributed by atoms with Crippen LogP contribution in [0, 0.1) is 0 Å². The Morgan fingerprint density at radius 3 is 2.75 bits per heavy atom. The summed E-state index contributed by atoms with van der Waals surface area (Å²) in [6.07, 6.45) is 0. The van der Waals surface area contributed by atoms with E-state index in [1.807, 2.05) is 36.4 Å². The Kier molecular flexibility index (Phi) is 4.68. The van der Waals surface area contributed by atoms with Crippen molar-refractivity contribution in [3.05, 3.63) is 48.0 Å². The van der Waals surface area contributed by atoms with Crippen LogP contribution in [0.5, 0.6) is 11.5 Å². The SMILES string of the molecule is CN(Cc1ccc2c(c1)OCO2)C(=O)Nc1cccc(N2CCN(C)C2=O)c1. The number of likely N-dealkylation sites (N-methyl/N-ethyl adjacent to an activating group) is 1. The minimum absolute atomic E-state index is 0.0385. The Labute approximate surface area is 163 Å². The molecule has 2 aliphatic heterocycles. The number of ether oxygens (including phenoxy) is 2. The molecule has 146 valence electrons. The average molecular weight is 382 g/mol. The molecule has 0 unspecified atom stereocenters. The minimum atomic E-state index is -0.236. The second-order valence-electron chi connectivity index (χ2n) is 6.88. The van der Waals surface area contributed by atoms with Crippen molar-refractivity contribution in [2.45, 2.75) is 6.54 Å². The van der Waals surface area contributed by atoms with Gasteiger partial charge in [0.2, 0.25) is 6.79 Å². The van der Waals surface area contributed by atoms with Crippen LogP contribution in [0.3, 0.4) is 0 Å². The Balaban J connectivity index is 1.40. The lowest BCUT2D eigenvalue weighted by molar-refractivity contribution is 0.174. The summed E-state index contributed by atoms with van der Waals surface area (Å²) < 4.78 is 10.7. The van der Waals surface area contributed by atoms with Gasteiger partial charge in [-0.1, -0.05) is 12.1 Å². The molecule has 2 aliphatic rings. The maximum Gasteiger partial charge on any atom is 0.324 e. The van der Waals surface area contributed by atoms with Crippen molar-refractivity contribution in [3.8, 4) is 11.5 Å². The molecule has 0 aliphatic carbocycles. The predicted molar refractivity (Wildman–Crippen MR) is 105 cm³/mol. The summed E-state index contributed by atoms with van der Waals surface area (Å²) in [6, 6.07) is 12.7. The average Bonchev–Trinajstić information content (AvgIpc) is 3.28. The fourth-order valence-corrected chi connectivity index (χ4v) is 3.24. The number of urea groups is 2. The molecule has 2 aromatic carbocycles. The topological polar surface area (TPSA) is 74.4 Å². The van der Waals surface area contributed by atoms with Gasteiger partial charge in [0.05, 0.1) is 0 Å². The number of amides is 4. The molecule has 0 atom stereocenters. The highest BCUT2D eigenvalue weighted by molar-refractivity contribution is 5.95. The van der Waals surface area contributed by atoms with Crippen LogP contribution in [0.2, 0.25) is 0 Å². The lowest BCUT2D eigenvalue weighted by Crippen LogP contribution is -2.31. The number of benzene rings is 2. The number of carbonyl (C=O) groups is 2. The molecule has 1 fully saturated rings. The maximum absolute atomic E-state index is 12.6. The summed E-state index contributed by atoms with van der Waals surface area (Å²) in [5, 5.41) is 2.88. The lowest BCUT2D eigenvalue weighted by atomic mass is 10.2. The van der Waals surface area contributed by atoms with E-state index in [4.69, 9.17) is 9.47 Å². The molecule has 1 N–H and O–H groups in total. The number of hydrogen-bond donors (Lipinski definition) is 1. The number of carbonyl (C=O) groups excluding carboxylic acids is 2. The highest BCUT2D eigenvalue weighted by Gasteiger charge is 2.26. The smallest absolute Gasteiger partial charge is 0.324 e. The molecule has 4 amide bonds. The van der Waals surface area contributed by atoms with E-state index in [9.17, 15) is 9.59 Å². The summed E-state index contributed by atoms with van der Waals surface area (Å²) in [5.41, 5.74) is 2.36. The first-order valence-corrected chi connectivity index (χ1v) is 9.04. The predicted octanol–water partition coefficient (Wildman–Crippen LogP) is 2.95. The summed E-state index contributed by atoms with van der Waals surface area (Å²) in [7, 11) is 3.50. The van der Waals surface area contributed by atoms with Crippen LogP contribution in [0.1, 0.15) is 5.56 Å². The molecule has 0 spiro atoms. The number of anilines is 2. The minimum Gasteiger partial charge on any atom is -0.454 e. The largest absolute Gasteiger partial charge is 0.454 e. The van der Waals surface area contributed by atoms with Gasteiger partial charge in [0.1, 0.15) is 0 Å². The van der Waals surface area contributed by atoms with Gasteiger partial charge in [-0.2, -0.15) is 0 Å². The van der Waals surface area contributed by atoms with Crippen molar-refractivity contribution in [2.24, 2.45) is 0 Å². The van der Waals surface area contributed by atoms with E-state index in [-0.39, 0.29) is 18.9 Å². The molecule has 8 nitrogen and oxygen atoms in total. The third-order valence-corrected chi connectivity index (χ3v) is 4.83. The van der Waals surface area contributed by atoms with Crippen LogP contribution in [0.4, 0.5) is 21.0 Å². The zero-order valence-corrected chi connectivity index (χ0v) is 15.8. The van der Waals surface area contributed by atoms with E-state index in [1.54, 1.807) is 34.9 Å². The second kappa shape index (κ2) is 7.30. The highest BCUT2D eigenvalue weighted by atomic mass is 16.7. The molecule has 28 heavy (non-hydrogen) atoms. The Morgan fingerprint density at radius 2 is 1.96 bits per heavy atom. The molecule has 4 rings (SSSR count). The van der Waals surface area contributed by atoms with Gasteiger partial charge in [-0.25, -0.2) is 9.59 Å². The van der Waals surface area contributed by atoms with E-state index >= 15 is 0 Å². The van der Waals surface area contributed by atoms with Crippen LogP contribution in [-0.2, 0) is 6.54 Å². The van der Waals surface area contributed by atoms with Gasteiger partial charge in [-0.3, -0.25) is 4.90 Å². The molecular formula is C20H22N4O4. The Bertz CT molecular complexity index is 917. The summed E-state index contributed by atoms with van der Waals surface area (Å²) in [4.78, 5) is 29.7. The monoisotopic (exact) mass is 382 g/mol. The van der Waals surface area contributed by atoms with Gasteiger partial charge in [0, 0.05) is 45.1 Å². The van der Waals surface area contributed by atoms with Gasteiger partial charge >= 0.3 is 12.1 Å². The van der Waals surface area contributed by atoms with E-state index in [0.717, 1.165) is 17.0 Å². The van der Waals surface area contributed by atoms with Crippen molar-refractivity contribution in [3.63, 3.8) is 0 Å². The van der Waals surface area contributed by atoms with Crippen molar-refractivity contribution in [1.29, 1.82) is 0 Å². The second-order valence-corrected chi connectivity index (χ2v) is 6.88. The molecule has 0 saturated carbocycles. The molecule has 8 heteroatoms. The molecule has 0 radical (unpaired) electrons. The van der Waals surface area contributed by atoms with Gasteiger partial charge < -0.3 is 24.6 Å². The lowest BCUT2D eigenvalue weighted by Gasteiger charge is -2.20. The van der Waals surface area contributed by atoms with Gasteiger partial charge in [0.15, 0.2) is 11.5 Å². The van der Waals surface area contributed by atoms with Crippen LogP contribution >= 0.6 is 0 Å².